The number of sulfone groups is 1. The fourth-order valence-corrected chi connectivity index (χ4v) is 4.01. The van der Waals surface area contributed by atoms with Crippen molar-refractivity contribution in [2.24, 2.45) is 5.41 Å². The molecule has 0 aliphatic carbocycles. The van der Waals surface area contributed by atoms with Crippen molar-refractivity contribution < 1.29 is 8.42 Å². The monoisotopic (exact) mass is 233 g/mol. The van der Waals surface area contributed by atoms with Gasteiger partial charge in [-0.3, -0.25) is 0 Å². The lowest BCUT2D eigenvalue weighted by atomic mass is 9.91. The zero-order valence-electron chi connectivity index (χ0n) is 10.3. The van der Waals surface area contributed by atoms with E-state index in [1.165, 1.54) is 0 Å². The highest BCUT2D eigenvalue weighted by Gasteiger charge is 2.37. The van der Waals surface area contributed by atoms with E-state index in [2.05, 4.69) is 26.1 Å². The first-order valence-electron chi connectivity index (χ1n) is 5.57. The Labute approximate surface area is 93.6 Å². The molecule has 0 saturated carbocycles. The molecule has 1 saturated heterocycles. The van der Waals surface area contributed by atoms with Crippen LogP contribution in [0.5, 0.6) is 0 Å². The van der Waals surface area contributed by atoms with Gasteiger partial charge in [0.1, 0.15) is 0 Å². The molecule has 0 bridgehead atoms. The van der Waals surface area contributed by atoms with E-state index in [1.807, 2.05) is 6.92 Å². The van der Waals surface area contributed by atoms with Gasteiger partial charge in [-0.15, -0.1) is 0 Å². The largest absolute Gasteiger partial charge is 0.310 e. The first-order valence-corrected chi connectivity index (χ1v) is 7.40. The van der Waals surface area contributed by atoms with Crippen LogP contribution >= 0.6 is 0 Å². The van der Waals surface area contributed by atoms with Gasteiger partial charge < -0.3 is 5.32 Å². The first-order chi connectivity index (χ1) is 6.62. The Morgan fingerprint density at radius 1 is 1.33 bits per heavy atom. The van der Waals surface area contributed by atoms with E-state index in [-0.39, 0.29) is 5.54 Å². The molecule has 3 nitrogen and oxygen atoms in total. The molecule has 1 unspecified atom stereocenters. The Morgan fingerprint density at radius 3 is 2.33 bits per heavy atom. The predicted octanol–water partition coefficient (Wildman–Crippen LogP) is 1.59. The van der Waals surface area contributed by atoms with E-state index in [4.69, 9.17) is 0 Å². The maximum Gasteiger partial charge on any atom is 0.152 e. The van der Waals surface area contributed by atoms with E-state index >= 15 is 0 Å². The third-order valence-electron chi connectivity index (χ3n) is 2.93. The van der Waals surface area contributed by atoms with Gasteiger partial charge >= 0.3 is 0 Å². The number of hydrogen-bond acceptors (Lipinski definition) is 3. The second kappa shape index (κ2) is 4.06. The summed E-state index contributed by atoms with van der Waals surface area (Å²) in [5.74, 6) is 0.635. The van der Waals surface area contributed by atoms with Crippen molar-refractivity contribution in [2.45, 2.75) is 46.1 Å². The molecule has 90 valence electrons. The Balaban J connectivity index is 2.40. The highest BCUT2D eigenvalue weighted by atomic mass is 32.2. The first kappa shape index (κ1) is 13.0. The lowest BCUT2D eigenvalue weighted by Crippen LogP contribution is -2.44. The fraction of sp³-hybridized carbons (Fsp3) is 1.00. The summed E-state index contributed by atoms with van der Waals surface area (Å²) >= 11 is 0. The molecule has 1 heterocycles. The molecule has 15 heavy (non-hydrogen) atoms. The smallest absolute Gasteiger partial charge is 0.152 e. The molecule has 0 spiro atoms. The quantitative estimate of drug-likeness (QED) is 0.805. The fourth-order valence-electron chi connectivity index (χ4n) is 1.89. The Bertz CT molecular complexity index is 316. The summed E-state index contributed by atoms with van der Waals surface area (Å²) < 4.78 is 22.7. The van der Waals surface area contributed by atoms with Crippen LogP contribution in [0.2, 0.25) is 0 Å². The summed E-state index contributed by atoms with van der Waals surface area (Å²) in [7, 11) is -2.78. The third-order valence-corrected chi connectivity index (χ3v) is 4.83. The maximum absolute atomic E-state index is 11.4. The predicted molar refractivity (Wildman–Crippen MR) is 63.8 cm³/mol. The third kappa shape index (κ3) is 4.51. The molecule has 1 aliphatic rings. The molecule has 0 aromatic heterocycles. The lowest BCUT2D eigenvalue weighted by Gasteiger charge is -2.26. The van der Waals surface area contributed by atoms with Crippen molar-refractivity contribution in [3.63, 3.8) is 0 Å². The van der Waals surface area contributed by atoms with Crippen LogP contribution in [0.3, 0.4) is 0 Å². The van der Waals surface area contributed by atoms with Gasteiger partial charge in [-0.1, -0.05) is 20.8 Å². The van der Waals surface area contributed by atoms with Gasteiger partial charge in [-0.2, -0.15) is 0 Å². The molecule has 1 atom stereocenters. The molecule has 0 aromatic carbocycles. The van der Waals surface area contributed by atoms with Gasteiger partial charge in [0.05, 0.1) is 11.5 Å². The molecule has 1 rings (SSSR count). The molecule has 1 N–H and O–H groups in total. The van der Waals surface area contributed by atoms with E-state index in [0.29, 0.717) is 16.9 Å². The minimum Gasteiger partial charge on any atom is -0.310 e. The second-order valence-corrected chi connectivity index (χ2v) is 8.32. The normalized spacial score (nSPS) is 30.7. The minimum atomic E-state index is -2.78. The molecule has 0 amide bonds. The Kier molecular flexibility index (Phi) is 3.51. The van der Waals surface area contributed by atoms with Crippen molar-refractivity contribution in [1.82, 2.24) is 5.32 Å². The van der Waals surface area contributed by atoms with Crippen molar-refractivity contribution in [3.05, 3.63) is 0 Å². The van der Waals surface area contributed by atoms with E-state index in [9.17, 15) is 8.42 Å². The number of rotatable bonds is 3. The van der Waals surface area contributed by atoms with Crippen LogP contribution in [0.25, 0.3) is 0 Å². The van der Waals surface area contributed by atoms with E-state index < -0.39 is 9.84 Å². The zero-order valence-corrected chi connectivity index (χ0v) is 11.1. The average molecular weight is 233 g/mol. The summed E-state index contributed by atoms with van der Waals surface area (Å²) in [6, 6.07) is 0. The van der Waals surface area contributed by atoms with Crippen molar-refractivity contribution in [2.75, 3.05) is 18.1 Å². The molecule has 4 heteroatoms. The van der Waals surface area contributed by atoms with Crippen LogP contribution < -0.4 is 5.32 Å². The summed E-state index contributed by atoms with van der Waals surface area (Å²) in [6.07, 6.45) is 1.82. The average Bonchev–Trinajstić information content (AvgIpc) is 2.23. The second-order valence-electron chi connectivity index (χ2n) is 6.14. The molecule has 0 radical (unpaired) electrons. The molecular weight excluding hydrogens is 210 g/mol. The summed E-state index contributed by atoms with van der Waals surface area (Å²) in [4.78, 5) is 0. The SMILES string of the molecule is CC(C)(C)CCNC1(C)CCS(=O)(=O)C1. The highest BCUT2D eigenvalue weighted by molar-refractivity contribution is 7.91. The van der Waals surface area contributed by atoms with Crippen LogP contribution in [-0.4, -0.2) is 32.0 Å². The zero-order chi connectivity index (χ0) is 11.7. The maximum atomic E-state index is 11.4. The van der Waals surface area contributed by atoms with Crippen molar-refractivity contribution in [1.29, 1.82) is 0 Å². The van der Waals surface area contributed by atoms with Gasteiger partial charge in [0, 0.05) is 5.54 Å². The van der Waals surface area contributed by atoms with Gasteiger partial charge in [0.2, 0.25) is 0 Å². The number of hydrogen-bond donors (Lipinski definition) is 1. The Hall–Kier alpha value is -0.0900. The standard InChI is InChI=1S/C11H23NO2S/c1-10(2,3)5-7-12-11(4)6-8-15(13,14)9-11/h12H,5-9H2,1-4H3. The minimum absolute atomic E-state index is 0.190. The van der Waals surface area contributed by atoms with Crippen LogP contribution in [0.1, 0.15) is 40.5 Å². The van der Waals surface area contributed by atoms with Crippen LogP contribution in [-0.2, 0) is 9.84 Å². The lowest BCUT2D eigenvalue weighted by molar-refractivity contribution is 0.323. The van der Waals surface area contributed by atoms with Crippen LogP contribution in [0.15, 0.2) is 0 Å². The van der Waals surface area contributed by atoms with Gasteiger partial charge in [0.25, 0.3) is 0 Å². The van der Waals surface area contributed by atoms with Crippen LogP contribution in [0, 0.1) is 5.41 Å². The van der Waals surface area contributed by atoms with Crippen molar-refractivity contribution in [3.8, 4) is 0 Å². The van der Waals surface area contributed by atoms with E-state index in [0.717, 1.165) is 19.4 Å². The Morgan fingerprint density at radius 2 is 1.93 bits per heavy atom. The van der Waals surface area contributed by atoms with Gasteiger partial charge in [-0.05, 0) is 31.7 Å². The van der Waals surface area contributed by atoms with E-state index in [1.54, 1.807) is 0 Å². The number of nitrogens with one attached hydrogen (secondary N) is 1. The summed E-state index contributed by atoms with van der Waals surface area (Å²) in [5, 5.41) is 3.39. The van der Waals surface area contributed by atoms with Crippen molar-refractivity contribution >= 4 is 9.84 Å². The molecule has 0 aromatic rings. The van der Waals surface area contributed by atoms with Crippen LogP contribution in [0.4, 0.5) is 0 Å². The molecule has 1 fully saturated rings. The summed E-state index contributed by atoms with van der Waals surface area (Å²) in [6.45, 7) is 9.50. The van der Waals surface area contributed by atoms with Gasteiger partial charge in [-0.25, -0.2) is 8.42 Å². The molecular formula is C11H23NO2S. The summed E-state index contributed by atoms with van der Waals surface area (Å²) in [5.41, 5.74) is 0.116. The van der Waals surface area contributed by atoms with Gasteiger partial charge in [0.15, 0.2) is 9.84 Å². The topological polar surface area (TPSA) is 46.2 Å². The molecule has 1 aliphatic heterocycles. The highest BCUT2D eigenvalue weighted by Crippen LogP contribution is 2.24.